The van der Waals surface area contributed by atoms with Crippen LogP contribution in [0.5, 0.6) is 0 Å². The second-order valence-corrected chi connectivity index (χ2v) is 7.50. The molecule has 0 aliphatic heterocycles. The zero-order valence-electron chi connectivity index (χ0n) is 16.4. The Morgan fingerprint density at radius 1 is 0.931 bits per heavy atom. The molecule has 9 heteroatoms. The summed E-state index contributed by atoms with van der Waals surface area (Å²) < 4.78 is 28.7. The van der Waals surface area contributed by atoms with Crippen LogP contribution in [0.1, 0.15) is 37.3 Å². The van der Waals surface area contributed by atoms with Gasteiger partial charge in [0, 0.05) is 0 Å². The molecule has 0 heterocycles. The predicted octanol–water partition coefficient (Wildman–Crippen LogP) is 0.264. The van der Waals surface area contributed by atoms with Gasteiger partial charge in [0.15, 0.2) is 5.25 Å². The molecule has 7 nitrogen and oxygen atoms in total. The largest absolute Gasteiger partial charge is 1.00 e. The van der Waals surface area contributed by atoms with Gasteiger partial charge in [-0.05, 0) is 0 Å². The zero-order chi connectivity index (χ0) is 21.2. The van der Waals surface area contributed by atoms with E-state index in [9.17, 15) is 18.0 Å². The number of hydrogen-bond donors (Lipinski definition) is 3. The second-order valence-electron chi connectivity index (χ2n) is 5.90. The van der Waals surface area contributed by atoms with E-state index in [1.54, 1.807) is 0 Å². The first-order valence-electron chi connectivity index (χ1n) is 8.54. The van der Waals surface area contributed by atoms with Crippen molar-refractivity contribution in [2.45, 2.75) is 31.4 Å². The molecule has 0 saturated heterocycles. The first kappa shape index (κ1) is 27.2. The third-order valence-corrected chi connectivity index (χ3v) is 4.83. The topological polar surface area (TPSA) is 129 Å². The van der Waals surface area contributed by atoms with Crippen LogP contribution in [0.15, 0.2) is 60.7 Å². The molecule has 0 aromatic heterocycles. The van der Waals surface area contributed by atoms with Crippen molar-refractivity contribution in [2.24, 2.45) is 0 Å². The molecular weight excluding hydrogens is 407 g/mol. The van der Waals surface area contributed by atoms with Gasteiger partial charge < -0.3 is 10.2 Å². The normalized spacial score (nSPS) is 11.2. The number of aliphatic carboxylic acids is 2. The molecule has 0 fully saturated rings. The molecule has 0 aliphatic carbocycles. The van der Waals surface area contributed by atoms with E-state index in [1.807, 2.05) is 0 Å². The molecule has 0 radical (unpaired) electrons. The van der Waals surface area contributed by atoms with E-state index in [1.165, 1.54) is 23.5 Å². The van der Waals surface area contributed by atoms with Gasteiger partial charge in [0.1, 0.15) is 0 Å². The number of carboxylic acid groups (broad SMARTS) is 2. The molecule has 1 atom stereocenters. The fourth-order valence-corrected chi connectivity index (χ4v) is 3.07. The molecule has 0 aliphatic rings. The van der Waals surface area contributed by atoms with Gasteiger partial charge in [-0.2, -0.15) is 8.42 Å². The third-order valence-electron chi connectivity index (χ3n) is 3.74. The predicted molar refractivity (Wildman–Crippen MR) is 104 cm³/mol. The quantitative estimate of drug-likeness (QED) is 0.311. The monoisotopic (exact) mass is 430 g/mol. The Bertz CT molecular complexity index is 815. The van der Waals surface area contributed by atoms with Crippen LogP contribution in [0, 0.1) is 5.92 Å². The summed E-state index contributed by atoms with van der Waals surface area (Å²) in [4.78, 5) is 20.0. The van der Waals surface area contributed by atoms with Gasteiger partial charge in [0.25, 0.3) is 10.1 Å². The molecule has 0 spiro atoms. The minimum absolute atomic E-state index is 0. The van der Waals surface area contributed by atoms with Gasteiger partial charge in [0.05, 0.1) is 6.42 Å². The van der Waals surface area contributed by atoms with Gasteiger partial charge in [-0.3, -0.25) is 14.1 Å². The smallest absolute Gasteiger partial charge is 0.481 e. The van der Waals surface area contributed by atoms with E-state index in [0.717, 1.165) is 6.42 Å². The molecule has 2 rings (SSSR count). The van der Waals surface area contributed by atoms with Crippen LogP contribution < -0.4 is 29.6 Å². The van der Waals surface area contributed by atoms with Crippen molar-refractivity contribution in [3.8, 4) is 0 Å². The van der Waals surface area contributed by atoms with Crippen molar-refractivity contribution in [3.63, 3.8) is 0 Å². The van der Waals surface area contributed by atoms with E-state index in [0.29, 0.717) is 0 Å². The minimum Gasteiger partial charge on any atom is -0.481 e. The summed E-state index contributed by atoms with van der Waals surface area (Å²) in [5.41, 5.74) is 2.69. The van der Waals surface area contributed by atoms with E-state index in [-0.39, 0.29) is 29.6 Å². The Hall–Kier alpha value is -1.84. The summed E-state index contributed by atoms with van der Waals surface area (Å²) in [6, 6.07) is 21.3. The van der Waals surface area contributed by atoms with Crippen LogP contribution in [-0.2, 0) is 19.7 Å². The molecule has 0 bridgehead atoms. The van der Waals surface area contributed by atoms with Crippen LogP contribution in [0.4, 0.5) is 0 Å². The molecule has 2 aromatic rings. The summed E-state index contributed by atoms with van der Waals surface area (Å²) >= 11 is 0. The van der Waals surface area contributed by atoms with Crippen molar-refractivity contribution < 1.29 is 62.3 Å². The van der Waals surface area contributed by atoms with E-state index >= 15 is 0 Å². The number of benzene rings is 2. The number of carboxylic acids is 2. The number of carbonyl (C=O) groups is 2. The number of hydrogen-bond acceptors (Lipinski definition) is 4. The summed E-state index contributed by atoms with van der Waals surface area (Å²) in [5, 5.41) is 13.9. The van der Waals surface area contributed by atoms with Crippen molar-refractivity contribution in [2.75, 3.05) is 0 Å². The van der Waals surface area contributed by atoms with Gasteiger partial charge in [-0.25, -0.2) is 0 Å². The van der Waals surface area contributed by atoms with E-state index in [2.05, 4.69) is 67.6 Å². The Balaban J connectivity index is 0.000000547. The maximum absolute atomic E-state index is 10.2. The van der Waals surface area contributed by atoms with Gasteiger partial charge in [0.2, 0.25) is 0 Å². The van der Waals surface area contributed by atoms with Crippen LogP contribution >= 0.6 is 0 Å². The Morgan fingerprint density at radius 3 is 1.59 bits per heavy atom. The Morgan fingerprint density at radius 2 is 1.34 bits per heavy atom. The Labute approximate surface area is 192 Å². The van der Waals surface area contributed by atoms with Crippen molar-refractivity contribution in [1.82, 2.24) is 0 Å². The standard InChI is InChI=1S/C16H17.C4H6O7S.Na/c1-2-9-16(14-10-5-3-6-11-14)15-12-7-4-8-13-15;5-3(6)1-2(4(7)8)12(9,10)11;/h3-8,10-13H,2,9H2,1H3;2H,1H2,(H,5,6)(H,7,8)(H,9,10,11);/q-1;;+1. The molecule has 29 heavy (non-hydrogen) atoms. The van der Waals surface area contributed by atoms with Crippen LogP contribution in [0.2, 0.25) is 0 Å². The SMILES string of the molecule is CCC[C-](c1ccccc1)c1ccccc1.O=C(O)CC(C(=O)O)S(=O)(=O)O.[Na+]. The van der Waals surface area contributed by atoms with Gasteiger partial charge in [-0.15, -0.1) is 41.3 Å². The fourth-order valence-electron chi connectivity index (χ4n) is 2.46. The molecular formula is C20H23NaO7S. The summed E-state index contributed by atoms with van der Waals surface area (Å²) in [6.07, 6.45) is 1.15. The number of rotatable bonds is 8. The van der Waals surface area contributed by atoms with E-state index < -0.39 is 33.7 Å². The maximum atomic E-state index is 10.2. The van der Waals surface area contributed by atoms with Gasteiger partial charge >= 0.3 is 41.5 Å². The van der Waals surface area contributed by atoms with Crippen LogP contribution in [-0.4, -0.2) is 40.4 Å². The molecule has 152 valence electrons. The summed E-state index contributed by atoms with van der Waals surface area (Å²) in [5.74, 6) is -2.05. The van der Waals surface area contributed by atoms with Gasteiger partial charge in [-0.1, -0.05) is 56.2 Å². The summed E-state index contributed by atoms with van der Waals surface area (Å²) in [7, 11) is -4.84. The van der Waals surface area contributed by atoms with Crippen LogP contribution in [0.25, 0.3) is 0 Å². The molecule has 1 unspecified atom stereocenters. The molecule has 0 saturated carbocycles. The summed E-state index contributed by atoms with van der Waals surface area (Å²) in [6.45, 7) is 2.23. The van der Waals surface area contributed by atoms with Crippen molar-refractivity contribution in [1.29, 1.82) is 0 Å². The first-order chi connectivity index (χ1) is 13.2. The molecule has 0 amide bonds. The maximum Gasteiger partial charge on any atom is 1.00 e. The molecule has 2 aromatic carbocycles. The minimum atomic E-state index is -4.84. The zero-order valence-corrected chi connectivity index (χ0v) is 19.2. The first-order valence-corrected chi connectivity index (χ1v) is 10.0. The average Bonchev–Trinajstić information content (AvgIpc) is 2.65. The Kier molecular flexibility index (Phi) is 12.5. The average molecular weight is 430 g/mol. The van der Waals surface area contributed by atoms with E-state index in [4.69, 9.17) is 14.8 Å². The second kappa shape index (κ2) is 13.4. The third kappa shape index (κ3) is 9.96. The fraction of sp³-hybridized carbons (Fsp3) is 0.250. The van der Waals surface area contributed by atoms with Crippen LogP contribution in [0.3, 0.4) is 0 Å². The van der Waals surface area contributed by atoms with Crippen molar-refractivity contribution in [3.05, 3.63) is 77.7 Å². The van der Waals surface area contributed by atoms with Crippen molar-refractivity contribution >= 4 is 22.1 Å². The molecule has 3 N–H and O–H groups in total.